The normalized spacial score (nSPS) is 20.9. The first-order valence-corrected chi connectivity index (χ1v) is 8.06. The molecule has 1 fully saturated rings. The highest BCUT2D eigenvalue weighted by atomic mass is 19.4. The number of hydrogen-bond acceptors (Lipinski definition) is 4. The Morgan fingerprint density at radius 1 is 1.23 bits per heavy atom. The van der Waals surface area contributed by atoms with Crippen molar-refractivity contribution in [2.24, 2.45) is 11.8 Å². The zero-order chi connectivity index (χ0) is 19.3. The minimum Gasteiger partial charge on any atom is -0.481 e. The van der Waals surface area contributed by atoms with Crippen molar-refractivity contribution in [1.82, 2.24) is 10.2 Å². The monoisotopic (exact) mass is 374 g/mol. The van der Waals surface area contributed by atoms with Crippen LogP contribution in [-0.2, 0) is 27.5 Å². The zero-order valence-corrected chi connectivity index (χ0v) is 14.3. The van der Waals surface area contributed by atoms with Crippen LogP contribution < -0.4 is 5.32 Å². The molecule has 0 aromatic heterocycles. The van der Waals surface area contributed by atoms with Gasteiger partial charge in [0.25, 0.3) is 0 Å². The Labute approximate surface area is 148 Å². The maximum atomic E-state index is 12.9. The van der Waals surface area contributed by atoms with Crippen LogP contribution in [0, 0.1) is 11.8 Å². The molecule has 9 heteroatoms. The minimum absolute atomic E-state index is 0.241. The third-order valence-electron chi connectivity index (χ3n) is 4.32. The first-order valence-electron chi connectivity index (χ1n) is 8.06. The maximum absolute atomic E-state index is 12.9. The number of nitrogens with zero attached hydrogens (tertiary/aromatic N) is 1. The second-order valence-corrected chi connectivity index (χ2v) is 6.31. The van der Waals surface area contributed by atoms with Gasteiger partial charge in [-0.05, 0) is 11.1 Å². The molecule has 1 aliphatic heterocycles. The average molecular weight is 374 g/mol. The Kier molecular flexibility index (Phi) is 6.60. The highest BCUT2D eigenvalue weighted by Gasteiger charge is 2.52. The van der Waals surface area contributed by atoms with Crippen LogP contribution in [0.4, 0.5) is 13.2 Å². The molecule has 0 bridgehead atoms. The number of amides is 1. The van der Waals surface area contributed by atoms with Gasteiger partial charge in [0, 0.05) is 26.7 Å². The summed E-state index contributed by atoms with van der Waals surface area (Å²) in [6.45, 7) is -0.325. The summed E-state index contributed by atoms with van der Waals surface area (Å²) in [7, 11) is 1.59. The molecule has 0 saturated carbocycles. The smallest absolute Gasteiger partial charge is 0.393 e. The van der Waals surface area contributed by atoms with Gasteiger partial charge >= 0.3 is 12.1 Å². The number of carbonyl (C=O) groups is 2. The molecule has 1 aromatic carbocycles. The first kappa shape index (κ1) is 20.2. The van der Waals surface area contributed by atoms with Crippen molar-refractivity contribution >= 4 is 11.9 Å². The van der Waals surface area contributed by atoms with Crippen molar-refractivity contribution in [1.29, 1.82) is 0 Å². The van der Waals surface area contributed by atoms with E-state index in [1.54, 1.807) is 7.11 Å². The fourth-order valence-corrected chi connectivity index (χ4v) is 2.98. The van der Waals surface area contributed by atoms with E-state index in [-0.39, 0.29) is 19.6 Å². The summed E-state index contributed by atoms with van der Waals surface area (Å²) in [5, 5.41) is 11.6. The number of carboxylic acids is 1. The summed E-state index contributed by atoms with van der Waals surface area (Å²) in [4.78, 5) is 24.2. The maximum Gasteiger partial charge on any atom is 0.393 e. The van der Waals surface area contributed by atoms with Crippen molar-refractivity contribution in [3.63, 3.8) is 0 Å². The molecule has 26 heavy (non-hydrogen) atoms. The molecular formula is C17H21F3N2O4. The fraction of sp³-hybridized carbons (Fsp3) is 0.529. The Morgan fingerprint density at radius 2 is 1.85 bits per heavy atom. The van der Waals surface area contributed by atoms with Gasteiger partial charge in [-0.25, -0.2) is 0 Å². The van der Waals surface area contributed by atoms with Crippen LogP contribution in [0.1, 0.15) is 11.1 Å². The predicted octanol–water partition coefficient (Wildman–Crippen LogP) is 1.64. The van der Waals surface area contributed by atoms with Crippen molar-refractivity contribution in [3.8, 4) is 0 Å². The van der Waals surface area contributed by atoms with Gasteiger partial charge in [-0.2, -0.15) is 13.2 Å². The Balaban J connectivity index is 1.85. The van der Waals surface area contributed by atoms with E-state index in [1.165, 1.54) is 4.90 Å². The van der Waals surface area contributed by atoms with Crippen LogP contribution in [0.3, 0.4) is 0 Å². The van der Waals surface area contributed by atoms with Gasteiger partial charge in [-0.3, -0.25) is 14.5 Å². The van der Waals surface area contributed by atoms with Crippen LogP contribution in [0.2, 0.25) is 0 Å². The zero-order valence-electron chi connectivity index (χ0n) is 14.3. The van der Waals surface area contributed by atoms with E-state index in [1.807, 2.05) is 24.3 Å². The summed E-state index contributed by atoms with van der Waals surface area (Å²) in [6, 6.07) is 7.36. The number of likely N-dealkylation sites (tertiary alicyclic amines) is 1. The number of benzene rings is 1. The molecule has 0 spiro atoms. The van der Waals surface area contributed by atoms with Gasteiger partial charge in [0.2, 0.25) is 5.91 Å². The number of hydrogen-bond donors (Lipinski definition) is 2. The standard InChI is InChI=1S/C17H21F3N2O4/c1-26-10-12-4-2-11(3-5-12)6-21-15(23)9-22-7-13(16(24)25)14(8-22)17(18,19)20/h2-5,13-14H,6-10H2,1H3,(H,21,23)(H,24,25)/t13-,14-/m1/s1. The van der Waals surface area contributed by atoms with Crippen molar-refractivity contribution in [2.75, 3.05) is 26.7 Å². The molecule has 2 atom stereocenters. The molecule has 1 aliphatic rings. The molecule has 2 rings (SSSR count). The number of methoxy groups -OCH3 is 1. The van der Waals surface area contributed by atoms with E-state index in [0.717, 1.165) is 11.1 Å². The Morgan fingerprint density at radius 3 is 2.35 bits per heavy atom. The SMILES string of the molecule is COCc1ccc(CNC(=O)CN2C[C@@H](C(F)(F)F)[C@H](C(=O)O)C2)cc1. The molecule has 1 amide bonds. The van der Waals surface area contributed by atoms with Crippen LogP contribution in [0.25, 0.3) is 0 Å². The van der Waals surface area contributed by atoms with Crippen LogP contribution in [0.15, 0.2) is 24.3 Å². The molecule has 2 N–H and O–H groups in total. The summed E-state index contributed by atoms with van der Waals surface area (Å²) >= 11 is 0. The molecule has 0 unspecified atom stereocenters. The van der Waals surface area contributed by atoms with Crippen molar-refractivity contribution < 1.29 is 32.6 Å². The van der Waals surface area contributed by atoms with Crippen molar-refractivity contribution in [2.45, 2.75) is 19.3 Å². The summed E-state index contributed by atoms with van der Waals surface area (Å²) < 4.78 is 43.8. The van der Waals surface area contributed by atoms with Crippen LogP contribution in [-0.4, -0.2) is 54.8 Å². The molecule has 1 saturated heterocycles. The van der Waals surface area contributed by atoms with E-state index in [2.05, 4.69) is 5.32 Å². The molecule has 0 radical (unpaired) electrons. The lowest BCUT2D eigenvalue weighted by Crippen LogP contribution is -2.36. The lowest BCUT2D eigenvalue weighted by molar-refractivity contribution is -0.188. The molecule has 6 nitrogen and oxygen atoms in total. The van der Waals surface area contributed by atoms with E-state index >= 15 is 0 Å². The number of ether oxygens (including phenoxy) is 1. The number of rotatable bonds is 7. The van der Waals surface area contributed by atoms with Gasteiger partial charge < -0.3 is 15.2 Å². The number of nitrogens with one attached hydrogen (secondary N) is 1. The topological polar surface area (TPSA) is 78.9 Å². The van der Waals surface area contributed by atoms with Gasteiger partial charge in [0.05, 0.1) is 25.0 Å². The number of halogens is 3. The van der Waals surface area contributed by atoms with E-state index in [4.69, 9.17) is 9.84 Å². The minimum atomic E-state index is -4.60. The molecule has 144 valence electrons. The van der Waals surface area contributed by atoms with Gasteiger partial charge in [-0.15, -0.1) is 0 Å². The second-order valence-electron chi connectivity index (χ2n) is 6.31. The van der Waals surface area contributed by atoms with Crippen molar-refractivity contribution in [3.05, 3.63) is 35.4 Å². The first-order chi connectivity index (χ1) is 12.2. The highest BCUT2D eigenvalue weighted by molar-refractivity contribution is 5.78. The Bertz CT molecular complexity index is 634. The summed E-state index contributed by atoms with van der Waals surface area (Å²) in [6.07, 6.45) is -4.60. The van der Waals surface area contributed by atoms with Gasteiger partial charge in [0.1, 0.15) is 0 Å². The van der Waals surface area contributed by atoms with E-state index in [9.17, 15) is 22.8 Å². The quantitative estimate of drug-likeness (QED) is 0.759. The highest BCUT2D eigenvalue weighted by Crippen LogP contribution is 2.37. The number of carbonyl (C=O) groups excluding carboxylic acids is 1. The number of alkyl halides is 3. The predicted molar refractivity (Wildman–Crippen MR) is 86.1 cm³/mol. The third kappa shape index (κ3) is 5.43. The molecule has 0 aliphatic carbocycles. The fourth-order valence-electron chi connectivity index (χ4n) is 2.98. The summed E-state index contributed by atoms with van der Waals surface area (Å²) in [5.41, 5.74) is 1.83. The Hall–Kier alpha value is -2.13. The van der Waals surface area contributed by atoms with Crippen LogP contribution in [0.5, 0.6) is 0 Å². The number of carboxylic acid groups (broad SMARTS) is 1. The van der Waals surface area contributed by atoms with Crippen LogP contribution >= 0.6 is 0 Å². The largest absolute Gasteiger partial charge is 0.481 e. The number of aliphatic carboxylic acids is 1. The van der Waals surface area contributed by atoms with E-state index < -0.39 is 36.4 Å². The molecule has 1 heterocycles. The lowest BCUT2D eigenvalue weighted by atomic mass is 9.96. The van der Waals surface area contributed by atoms with Gasteiger partial charge in [-0.1, -0.05) is 24.3 Å². The van der Waals surface area contributed by atoms with E-state index in [0.29, 0.717) is 6.61 Å². The second kappa shape index (κ2) is 8.50. The summed E-state index contributed by atoms with van der Waals surface area (Å²) in [5.74, 6) is -5.44. The molecule has 1 aromatic rings. The average Bonchev–Trinajstić information content (AvgIpc) is 2.99. The lowest BCUT2D eigenvalue weighted by Gasteiger charge is -2.18. The van der Waals surface area contributed by atoms with Gasteiger partial charge in [0.15, 0.2) is 0 Å². The third-order valence-corrected chi connectivity index (χ3v) is 4.32. The molecular weight excluding hydrogens is 353 g/mol.